The van der Waals surface area contributed by atoms with E-state index in [9.17, 15) is 4.79 Å². The van der Waals surface area contributed by atoms with Crippen LogP contribution in [-0.2, 0) is 11.8 Å². The lowest BCUT2D eigenvalue weighted by atomic mass is 10.2. The zero-order valence-electron chi connectivity index (χ0n) is 15.3. The maximum absolute atomic E-state index is 12.0. The van der Waals surface area contributed by atoms with Gasteiger partial charge < -0.3 is 9.30 Å². The van der Waals surface area contributed by atoms with Crippen molar-refractivity contribution in [2.45, 2.75) is 5.16 Å². The van der Waals surface area contributed by atoms with Gasteiger partial charge in [-0.2, -0.15) is 5.10 Å². The Balaban J connectivity index is 1.53. The van der Waals surface area contributed by atoms with Crippen LogP contribution in [0.15, 0.2) is 63.3 Å². The summed E-state index contributed by atoms with van der Waals surface area (Å²) in [4.78, 5) is 12.0. The first kappa shape index (κ1) is 20.1. The topological polar surface area (TPSA) is 81.4 Å². The Morgan fingerprint density at radius 1 is 1.21 bits per heavy atom. The lowest BCUT2D eigenvalue weighted by molar-refractivity contribution is -0.118. The number of rotatable bonds is 7. The van der Waals surface area contributed by atoms with Crippen LogP contribution in [0, 0.1) is 0 Å². The Bertz CT molecular complexity index is 971. The van der Waals surface area contributed by atoms with Gasteiger partial charge in [-0.15, -0.1) is 10.2 Å². The lowest BCUT2D eigenvalue weighted by Crippen LogP contribution is -2.19. The highest BCUT2D eigenvalue weighted by Crippen LogP contribution is 2.23. The van der Waals surface area contributed by atoms with E-state index >= 15 is 0 Å². The zero-order valence-corrected chi connectivity index (χ0v) is 17.7. The van der Waals surface area contributed by atoms with E-state index in [1.807, 2.05) is 60.1 Å². The second kappa shape index (κ2) is 9.52. The number of thioether (sulfide) groups is 1. The number of nitrogens with one attached hydrogen (secondary N) is 1. The summed E-state index contributed by atoms with van der Waals surface area (Å²) in [5, 5.41) is 13.0. The number of carbonyl (C=O) groups is 1. The zero-order chi connectivity index (χ0) is 19.9. The SMILES string of the molecule is COc1ccc(/C=N\NC(=O)CSc2nnc(-c3ccc(Br)cc3)n2C)cc1. The molecule has 0 fully saturated rings. The van der Waals surface area contributed by atoms with Crippen LogP contribution in [0.25, 0.3) is 11.4 Å². The van der Waals surface area contributed by atoms with Crippen molar-refractivity contribution < 1.29 is 9.53 Å². The van der Waals surface area contributed by atoms with Crippen molar-refractivity contribution in [1.82, 2.24) is 20.2 Å². The van der Waals surface area contributed by atoms with Gasteiger partial charge in [0.2, 0.25) is 0 Å². The highest BCUT2D eigenvalue weighted by atomic mass is 79.9. The molecule has 7 nitrogen and oxygen atoms in total. The van der Waals surface area contributed by atoms with Crippen molar-refractivity contribution in [3.8, 4) is 17.1 Å². The quantitative estimate of drug-likeness (QED) is 0.332. The highest BCUT2D eigenvalue weighted by molar-refractivity contribution is 9.10. The molecule has 3 rings (SSSR count). The van der Waals surface area contributed by atoms with E-state index in [0.717, 1.165) is 27.2 Å². The average molecular weight is 460 g/mol. The maximum Gasteiger partial charge on any atom is 0.250 e. The molecule has 0 aliphatic rings. The third-order valence-electron chi connectivity index (χ3n) is 3.79. The van der Waals surface area contributed by atoms with Crippen LogP contribution < -0.4 is 10.2 Å². The Hall–Kier alpha value is -2.65. The number of carbonyl (C=O) groups excluding carboxylic acids is 1. The van der Waals surface area contributed by atoms with Crippen LogP contribution >= 0.6 is 27.7 Å². The van der Waals surface area contributed by atoms with E-state index in [1.54, 1.807) is 13.3 Å². The van der Waals surface area contributed by atoms with Gasteiger partial charge in [-0.1, -0.05) is 39.8 Å². The van der Waals surface area contributed by atoms with Crippen molar-refractivity contribution in [1.29, 1.82) is 0 Å². The molecule has 3 aromatic rings. The molecule has 0 spiro atoms. The summed E-state index contributed by atoms with van der Waals surface area (Å²) >= 11 is 4.72. The van der Waals surface area contributed by atoms with E-state index in [4.69, 9.17) is 4.74 Å². The molecule has 1 aromatic heterocycles. The largest absolute Gasteiger partial charge is 0.497 e. The number of benzene rings is 2. The molecule has 0 bridgehead atoms. The number of nitrogens with zero attached hydrogens (tertiary/aromatic N) is 4. The van der Waals surface area contributed by atoms with E-state index in [2.05, 4.69) is 36.7 Å². The molecule has 0 radical (unpaired) electrons. The van der Waals surface area contributed by atoms with Crippen molar-refractivity contribution in [2.24, 2.45) is 12.1 Å². The summed E-state index contributed by atoms with van der Waals surface area (Å²) in [6.07, 6.45) is 1.58. The number of methoxy groups -OCH3 is 1. The fourth-order valence-corrected chi connectivity index (χ4v) is 3.29. The number of aromatic nitrogens is 3. The van der Waals surface area contributed by atoms with Gasteiger partial charge >= 0.3 is 0 Å². The molecule has 1 amide bonds. The second-order valence-corrected chi connectivity index (χ2v) is 7.59. The van der Waals surface area contributed by atoms with E-state index in [1.165, 1.54) is 11.8 Å². The van der Waals surface area contributed by atoms with Gasteiger partial charge in [0.25, 0.3) is 5.91 Å². The monoisotopic (exact) mass is 459 g/mol. The molecule has 0 aliphatic heterocycles. The maximum atomic E-state index is 12.0. The van der Waals surface area contributed by atoms with Crippen molar-refractivity contribution in [3.05, 3.63) is 58.6 Å². The second-order valence-electron chi connectivity index (χ2n) is 5.73. The van der Waals surface area contributed by atoms with Crippen LogP contribution in [0.3, 0.4) is 0 Å². The summed E-state index contributed by atoms with van der Waals surface area (Å²) in [6, 6.07) is 15.2. The Kier molecular flexibility index (Phi) is 6.83. The van der Waals surface area contributed by atoms with Crippen molar-refractivity contribution in [2.75, 3.05) is 12.9 Å². The number of amides is 1. The lowest BCUT2D eigenvalue weighted by Gasteiger charge is -2.04. The normalized spacial score (nSPS) is 11.0. The molecule has 2 aromatic carbocycles. The summed E-state index contributed by atoms with van der Waals surface area (Å²) in [5.41, 5.74) is 4.33. The average Bonchev–Trinajstić information content (AvgIpc) is 3.08. The van der Waals surface area contributed by atoms with Crippen LogP contribution in [-0.4, -0.2) is 39.7 Å². The Morgan fingerprint density at radius 3 is 2.61 bits per heavy atom. The van der Waals surface area contributed by atoms with Crippen molar-refractivity contribution in [3.63, 3.8) is 0 Å². The third-order valence-corrected chi connectivity index (χ3v) is 5.34. The molecule has 1 N–H and O–H groups in total. The molecule has 28 heavy (non-hydrogen) atoms. The number of hydrazone groups is 1. The van der Waals surface area contributed by atoms with Crippen LogP contribution in [0.1, 0.15) is 5.56 Å². The highest BCUT2D eigenvalue weighted by Gasteiger charge is 2.12. The van der Waals surface area contributed by atoms with E-state index in [-0.39, 0.29) is 11.7 Å². The van der Waals surface area contributed by atoms with Crippen LogP contribution in [0.2, 0.25) is 0 Å². The summed E-state index contributed by atoms with van der Waals surface area (Å²) in [5.74, 6) is 1.48. The van der Waals surface area contributed by atoms with E-state index in [0.29, 0.717) is 5.16 Å². The van der Waals surface area contributed by atoms with Crippen molar-refractivity contribution >= 4 is 39.8 Å². The van der Waals surface area contributed by atoms with Gasteiger partial charge in [-0.05, 0) is 42.0 Å². The first-order valence-electron chi connectivity index (χ1n) is 8.31. The first-order valence-corrected chi connectivity index (χ1v) is 10.1. The van der Waals surface area contributed by atoms with Gasteiger partial charge in [-0.3, -0.25) is 4.79 Å². The first-order chi connectivity index (χ1) is 13.6. The van der Waals surface area contributed by atoms with Crippen LogP contribution in [0.5, 0.6) is 5.75 Å². The molecule has 144 valence electrons. The smallest absolute Gasteiger partial charge is 0.250 e. The molecular weight excluding hydrogens is 442 g/mol. The molecule has 0 aliphatic carbocycles. The molecule has 1 heterocycles. The van der Waals surface area contributed by atoms with Gasteiger partial charge in [0, 0.05) is 17.1 Å². The molecular formula is C19H18BrN5O2S. The van der Waals surface area contributed by atoms with Gasteiger partial charge in [0.05, 0.1) is 19.1 Å². The summed E-state index contributed by atoms with van der Waals surface area (Å²) in [6.45, 7) is 0. The Morgan fingerprint density at radius 2 is 1.93 bits per heavy atom. The standard InChI is InChI=1S/C19H18BrN5O2S/c1-25-18(14-5-7-15(20)8-6-14)23-24-19(25)28-12-17(26)22-21-11-13-3-9-16(27-2)10-4-13/h3-11H,12H2,1-2H3,(H,22,26)/b21-11-. The number of halogens is 1. The minimum absolute atomic E-state index is 0.187. The van der Waals surface area contributed by atoms with E-state index < -0.39 is 0 Å². The number of hydrogen-bond donors (Lipinski definition) is 1. The molecule has 0 saturated heterocycles. The van der Waals surface area contributed by atoms with Gasteiger partial charge in [0.1, 0.15) is 5.75 Å². The fraction of sp³-hybridized carbons (Fsp3) is 0.158. The fourth-order valence-electron chi connectivity index (χ4n) is 2.32. The third kappa shape index (κ3) is 5.20. The molecule has 9 heteroatoms. The number of ether oxygens (including phenoxy) is 1. The molecule has 0 atom stereocenters. The summed E-state index contributed by atoms with van der Waals surface area (Å²) < 4.78 is 7.96. The van der Waals surface area contributed by atoms with Gasteiger partial charge in [-0.25, -0.2) is 5.43 Å². The molecule has 0 unspecified atom stereocenters. The predicted octanol–water partition coefficient (Wildman–Crippen LogP) is 3.50. The predicted molar refractivity (Wildman–Crippen MR) is 114 cm³/mol. The van der Waals surface area contributed by atoms with Crippen LogP contribution in [0.4, 0.5) is 0 Å². The molecule has 0 saturated carbocycles. The Labute approximate surface area is 175 Å². The minimum atomic E-state index is -0.219. The minimum Gasteiger partial charge on any atom is -0.497 e. The van der Waals surface area contributed by atoms with Gasteiger partial charge in [0.15, 0.2) is 11.0 Å². The number of hydrogen-bond acceptors (Lipinski definition) is 6. The summed E-state index contributed by atoms with van der Waals surface area (Å²) in [7, 11) is 3.49.